The number of aryl methyl sites for hydroxylation is 1. The molecule has 1 aromatic heterocycles. The van der Waals surface area contributed by atoms with Gasteiger partial charge in [0.2, 0.25) is 0 Å². The summed E-state index contributed by atoms with van der Waals surface area (Å²) in [7, 11) is 1.53. The highest BCUT2D eigenvalue weighted by atomic mass is 16.1. The van der Waals surface area contributed by atoms with Gasteiger partial charge in [-0.1, -0.05) is 13.8 Å². The molecule has 0 aromatic carbocycles. The summed E-state index contributed by atoms with van der Waals surface area (Å²) in [4.78, 5) is 20.1. The predicted octanol–water partition coefficient (Wildman–Crippen LogP) is 1.37. The number of hydrogen-bond donors (Lipinski definition) is 2. The van der Waals surface area contributed by atoms with Crippen LogP contribution in [0.1, 0.15) is 48.3 Å². The first-order valence-corrected chi connectivity index (χ1v) is 6.47. The highest BCUT2D eigenvalue weighted by Crippen LogP contribution is 2.35. The van der Waals surface area contributed by atoms with Gasteiger partial charge in [-0.3, -0.25) is 20.1 Å². The molecule has 0 unspecified atom stereocenters. The van der Waals surface area contributed by atoms with E-state index in [9.17, 15) is 4.79 Å². The van der Waals surface area contributed by atoms with Crippen LogP contribution in [0.4, 0.5) is 0 Å². The fraction of sp³-hybridized carbons (Fsp3) is 0.500. The van der Waals surface area contributed by atoms with Crippen LogP contribution in [0.25, 0.3) is 0 Å². The molecule has 0 bridgehead atoms. The van der Waals surface area contributed by atoms with Crippen molar-refractivity contribution in [1.82, 2.24) is 10.3 Å². The molecule has 0 atom stereocenters. The summed E-state index contributed by atoms with van der Waals surface area (Å²) in [6.07, 6.45) is 4.85. The second-order valence-electron chi connectivity index (χ2n) is 5.53. The molecule has 1 aliphatic carbocycles. The SMILES string of the molecule is CN=C(N)NC(=O)c1cnc2c(c1)CCCC2(C)C. The maximum absolute atomic E-state index is 11.9. The topological polar surface area (TPSA) is 80.4 Å². The molecule has 19 heavy (non-hydrogen) atoms. The number of nitrogens with two attached hydrogens (primary N) is 1. The first kappa shape index (κ1) is 13.5. The van der Waals surface area contributed by atoms with Crippen LogP contribution in [0.15, 0.2) is 17.3 Å². The molecule has 1 aromatic rings. The minimum Gasteiger partial charge on any atom is -0.370 e. The van der Waals surface area contributed by atoms with E-state index in [0.717, 1.165) is 30.5 Å². The zero-order chi connectivity index (χ0) is 14.0. The molecule has 1 amide bonds. The van der Waals surface area contributed by atoms with Crippen LogP contribution in [0.5, 0.6) is 0 Å². The third-order valence-electron chi connectivity index (χ3n) is 3.60. The highest BCUT2D eigenvalue weighted by molar-refractivity contribution is 6.05. The van der Waals surface area contributed by atoms with Crippen LogP contribution < -0.4 is 11.1 Å². The average molecular weight is 260 g/mol. The third-order valence-corrected chi connectivity index (χ3v) is 3.60. The van der Waals surface area contributed by atoms with Crippen LogP contribution in [0.2, 0.25) is 0 Å². The minimum absolute atomic E-state index is 0.0898. The number of aromatic nitrogens is 1. The van der Waals surface area contributed by atoms with E-state index in [4.69, 9.17) is 5.73 Å². The molecule has 5 nitrogen and oxygen atoms in total. The van der Waals surface area contributed by atoms with Gasteiger partial charge >= 0.3 is 0 Å². The van der Waals surface area contributed by atoms with Gasteiger partial charge in [0.15, 0.2) is 5.96 Å². The average Bonchev–Trinajstić information content (AvgIpc) is 2.37. The molecule has 0 radical (unpaired) electrons. The number of aliphatic imine (C=N–C) groups is 1. The number of rotatable bonds is 1. The predicted molar refractivity (Wildman–Crippen MR) is 75.2 cm³/mol. The molecule has 5 heteroatoms. The molecule has 3 N–H and O–H groups in total. The van der Waals surface area contributed by atoms with Crippen LogP contribution in [0.3, 0.4) is 0 Å². The molecule has 0 saturated carbocycles. The molecule has 102 valence electrons. The van der Waals surface area contributed by atoms with Crippen molar-refractivity contribution < 1.29 is 4.79 Å². The first-order chi connectivity index (χ1) is 8.94. The smallest absolute Gasteiger partial charge is 0.259 e. The molecule has 1 heterocycles. The maximum atomic E-state index is 11.9. The van der Waals surface area contributed by atoms with E-state index >= 15 is 0 Å². The number of fused-ring (bicyclic) bond motifs is 1. The molecule has 0 saturated heterocycles. The summed E-state index contributed by atoms with van der Waals surface area (Å²) in [6, 6.07) is 1.92. The monoisotopic (exact) mass is 260 g/mol. The van der Waals surface area contributed by atoms with Crippen molar-refractivity contribution in [2.24, 2.45) is 10.7 Å². The van der Waals surface area contributed by atoms with Crippen molar-refractivity contribution >= 4 is 11.9 Å². The van der Waals surface area contributed by atoms with Crippen LogP contribution in [-0.2, 0) is 11.8 Å². The summed E-state index contributed by atoms with van der Waals surface area (Å²) in [5, 5.41) is 2.52. The quantitative estimate of drug-likeness (QED) is 0.591. The summed E-state index contributed by atoms with van der Waals surface area (Å²) in [5.74, 6) is -0.148. The van der Waals surface area contributed by atoms with E-state index in [0.29, 0.717) is 5.56 Å². The normalized spacial score (nSPS) is 17.7. The minimum atomic E-state index is -0.262. The Morgan fingerprint density at radius 3 is 2.95 bits per heavy atom. The summed E-state index contributed by atoms with van der Waals surface area (Å²) in [6.45, 7) is 4.39. The zero-order valence-electron chi connectivity index (χ0n) is 11.7. The van der Waals surface area contributed by atoms with Crippen molar-refractivity contribution in [1.29, 1.82) is 0 Å². The Balaban J connectivity index is 2.29. The van der Waals surface area contributed by atoms with E-state index in [-0.39, 0.29) is 17.3 Å². The molecular formula is C14H20N4O. The van der Waals surface area contributed by atoms with Crippen molar-refractivity contribution in [3.8, 4) is 0 Å². The van der Waals surface area contributed by atoms with E-state index in [1.807, 2.05) is 6.07 Å². The van der Waals surface area contributed by atoms with Gasteiger partial charge in [-0.15, -0.1) is 0 Å². The second kappa shape index (κ2) is 4.99. The Labute approximate surface area is 113 Å². The van der Waals surface area contributed by atoms with E-state index in [1.54, 1.807) is 6.20 Å². The van der Waals surface area contributed by atoms with E-state index in [1.165, 1.54) is 7.05 Å². The first-order valence-electron chi connectivity index (χ1n) is 6.47. The number of amides is 1. The number of hydrogen-bond acceptors (Lipinski definition) is 3. The molecule has 1 aliphatic rings. The Morgan fingerprint density at radius 1 is 1.53 bits per heavy atom. The summed E-state index contributed by atoms with van der Waals surface area (Å²) >= 11 is 0. The van der Waals surface area contributed by atoms with E-state index < -0.39 is 0 Å². The Hall–Kier alpha value is -1.91. The Kier molecular flexibility index (Phi) is 3.55. The number of carbonyl (C=O) groups excluding carboxylic acids is 1. The molecule has 0 aliphatic heterocycles. The molecule has 2 rings (SSSR count). The van der Waals surface area contributed by atoms with Crippen molar-refractivity contribution in [2.45, 2.75) is 38.5 Å². The number of pyridine rings is 1. The van der Waals surface area contributed by atoms with Gasteiger partial charge in [0.05, 0.1) is 5.56 Å². The van der Waals surface area contributed by atoms with Gasteiger partial charge in [0, 0.05) is 24.4 Å². The van der Waals surface area contributed by atoms with Crippen molar-refractivity contribution in [2.75, 3.05) is 7.05 Å². The Bertz CT molecular complexity index is 534. The molecular weight excluding hydrogens is 240 g/mol. The van der Waals surface area contributed by atoms with Gasteiger partial charge in [0.25, 0.3) is 5.91 Å². The van der Waals surface area contributed by atoms with Crippen LogP contribution in [0, 0.1) is 0 Å². The number of carbonyl (C=O) groups is 1. The molecule has 0 spiro atoms. The summed E-state index contributed by atoms with van der Waals surface area (Å²) in [5.41, 5.74) is 8.38. The lowest BCUT2D eigenvalue weighted by molar-refractivity contribution is 0.0976. The van der Waals surface area contributed by atoms with Gasteiger partial charge in [0.1, 0.15) is 0 Å². The zero-order valence-corrected chi connectivity index (χ0v) is 11.7. The lowest BCUT2D eigenvalue weighted by atomic mass is 9.76. The second-order valence-corrected chi connectivity index (χ2v) is 5.53. The van der Waals surface area contributed by atoms with Crippen LogP contribution >= 0.6 is 0 Å². The molecule has 0 fully saturated rings. The van der Waals surface area contributed by atoms with E-state index in [2.05, 4.69) is 29.1 Å². The van der Waals surface area contributed by atoms with Crippen molar-refractivity contribution in [3.05, 3.63) is 29.1 Å². The largest absolute Gasteiger partial charge is 0.370 e. The van der Waals surface area contributed by atoms with Crippen molar-refractivity contribution in [3.63, 3.8) is 0 Å². The number of nitrogens with one attached hydrogen (secondary N) is 1. The standard InChI is InChI=1S/C14H20N4O/c1-14(2)6-4-5-9-7-10(8-17-11(9)14)12(19)18-13(15)16-3/h7-8H,4-6H2,1-3H3,(H3,15,16,18,19). The fourth-order valence-electron chi connectivity index (χ4n) is 2.52. The lowest BCUT2D eigenvalue weighted by Crippen LogP contribution is -2.37. The van der Waals surface area contributed by atoms with Gasteiger partial charge in [-0.05, 0) is 30.9 Å². The highest BCUT2D eigenvalue weighted by Gasteiger charge is 2.29. The van der Waals surface area contributed by atoms with Crippen LogP contribution in [-0.4, -0.2) is 23.9 Å². The Morgan fingerprint density at radius 2 is 2.26 bits per heavy atom. The van der Waals surface area contributed by atoms with Gasteiger partial charge < -0.3 is 5.73 Å². The third kappa shape index (κ3) is 2.75. The number of nitrogens with zero attached hydrogens (tertiary/aromatic N) is 2. The van der Waals surface area contributed by atoms with Gasteiger partial charge in [-0.25, -0.2) is 0 Å². The number of guanidine groups is 1. The summed E-state index contributed by atoms with van der Waals surface area (Å²) < 4.78 is 0. The lowest BCUT2D eigenvalue weighted by Gasteiger charge is -2.31. The fourth-order valence-corrected chi connectivity index (χ4v) is 2.52. The maximum Gasteiger partial charge on any atom is 0.259 e. The van der Waals surface area contributed by atoms with Gasteiger partial charge in [-0.2, -0.15) is 0 Å².